The van der Waals surface area contributed by atoms with Gasteiger partial charge in [0.15, 0.2) is 0 Å². The molecule has 0 radical (unpaired) electrons. The van der Waals surface area contributed by atoms with Crippen LogP contribution in [-0.2, 0) is 0 Å². The number of nitrogens with one attached hydrogen (secondary N) is 3. The number of aromatic nitrogens is 1. The Balaban J connectivity index is 0.807. The molecule has 4 heterocycles. The number of nitrogens with zero attached hydrogens (tertiary/aromatic N) is 1. The number of allylic oxidation sites excluding steroid dienone is 4. The van der Waals surface area contributed by atoms with E-state index in [-0.39, 0.29) is 18.1 Å². The van der Waals surface area contributed by atoms with Crippen LogP contribution in [0, 0.1) is 0 Å². The van der Waals surface area contributed by atoms with Gasteiger partial charge in [-0.15, -0.1) is 0 Å². The molecule has 1 aromatic heterocycles. The summed E-state index contributed by atoms with van der Waals surface area (Å²) < 4.78 is 0. The molecule has 0 spiro atoms. The van der Waals surface area contributed by atoms with Crippen molar-refractivity contribution in [3.05, 3.63) is 245 Å². The summed E-state index contributed by atoms with van der Waals surface area (Å²) in [5.41, 5.74) is 18.5. The summed E-state index contributed by atoms with van der Waals surface area (Å²) in [4.78, 5) is 5.19. The first kappa shape index (κ1) is 35.9. The smallest absolute Gasteiger partial charge is 0.0947 e. The predicted molar refractivity (Wildman–Crippen MR) is 260 cm³/mol. The number of hydrogen-bond acceptors (Lipinski definition) is 4. The Bertz CT molecular complexity index is 3280. The molecule has 3 unspecified atom stereocenters. The number of rotatable bonds is 6. The Labute approximate surface area is 361 Å². The molecule has 4 nitrogen and oxygen atoms in total. The summed E-state index contributed by atoms with van der Waals surface area (Å²) in [6, 6.07) is 58.8. The van der Waals surface area contributed by atoms with Gasteiger partial charge in [-0.3, -0.25) is 0 Å². The van der Waals surface area contributed by atoms with E-state index in [2.05, 4.69) is 228 Å². The predicted octanol–water partition coefficient (Wildman–Crippen LogP) is 14.0. The van der Waals surface area contributed by atoms with Gasteiger partial charge in [0.2, 0.25) is 0 Å². The monoisotopic (exact) mass is 794 g/mol. The lowest BCUT2D eigenvalue weighted by Crippen LogP contribution is -2.31. The highest BCUT2D eigenvalue weighted by Gasteiger charge is 2.25. The molecule has 3 atom stereocenters. The first-order valence-electron chi connectivity index (χ1n) is 21.5. The van der Waals surface area contributed by atoms with Crippen molar-refractivity contribution in [3.8, 4) is 22.4 Å². The molecule has 0 fully saturated rings. The summed E-state index contributed by atoms with van der Waals surface area (Å²) in [5.74, 6) is 0. The zero-order valence-corrected chi connectivity index (χ0v) is 34.0. The number of dihydropyridines is 1. The van der Waals surface area contributed by atoms with Crippen molar-refractivity contribution < 1.29 is 0 Å². The standard InChI is InChI=1S/C58H42N4/c1-3-10-37(11-4-1)43-14-9-15-44(34-43)45-22-18-39-24-30-52(59-55(39)35-45)46-23-19-40-25-32-53(60-56(40)36-46)49-28-29-50(48-17-8-7-16-47(48)49)54-33-27-42-21-20-41-26-31-51(38-12-5-2-6-13-38)61-57(41)58(42)62-54/h1-36,53-55,59-60,62H. The van der Waals surface area contributed by atoms with E-state index in [1.807, 2.05) is 6.07 Å². The van der Waals surface area contributed by atoms with E-state index in [9.17, 15) is 0 Å². The molecule has 4 aliphatic rings. The van der Waals surface area contributed by atoms with Crippen molar-refractivity contribution in [2.45, 2.75) is 18.1 Å². The quantitative estimate of drug-likeness (QED) is 0.157. The van der Waals surface area contributed by atoms with Gasteiger partial charge in [0.1, 0.15) is 0 Å². The van der Waals surface area contributed by atoms with Crippen molar-refractivity contribution in [3.63, 3.8) is 0 Å². The van der Waals surface area contributed by atoms with Gasteiger partial charge in [0, 0.05) is 22.3 Å². The number of anilines is 2. The van der Waals surface area contributed by atoms with Crippen LogP contribution in [0.3, 0.4) is 0 Å². The summed E-state index contributed by atoms with van der Waals surface area (Å²) >= 11 is 0. The largest absolute Gasteiger partial charge is 0.374 e. The molecule has 0 saturated heterocycles. The Morgan fingerprint density at radius 2 is 1.11 bits per heavy atom. The molecule has 0 amide bonds. The van der Waals surface area contributed by atoms with Crippen LogP contribution >= 0.6 is 0 Å². The maximum absolute atomic E-state index is 5.19. The molecular weight excluding hydrogens is 753 g/mol. The van der Waals surface area contributed by atoms with E-state index >= 15 is 0 Å². The van der Waals surface area contributed by atoms with Gasteiger partial charge in [-0.1, -0.05) is 194 Å². The van der Waals surface area contributed by atoms with Crippen LogP contribution < -0.4 is 16.0 Å². The second-order valence-electron chi connectivity index (χ2n) is 16.5. The third-order valence-electron chi connectivity index (χ3n) is 12.8. The highest BCUT2D eigenvalue weighted by molar-refractivity contribution is 5.99. The zero-order chi connectivity index (χ0) is 41.0. The van der Waals surface area contributed by atoms with Crippen LogP contribution in [0.1, 0.15) is 45.5 Å². The maximum Gasteiger partial charge on any atom is 0.0947 e. The molecule has 62 heavy (non-hydrogen) atoms. The topological polar surface area (TPSA) is 49.0 Å². The fraction of sp³-hybridized carbons (Fsp3) is 0.0517. The fourth-order valence-corrected chi connectivity index (χ4v) is 9.51. The van der Waals surface area contributed by atoms with Crippen LogP contribution in [0.4, 0.5) is 11.4 Å². The molecule has 3 N–H and O–H groups in total. The molecule has 12 rings (SSSR count). The lowest BCUT2D eigenvalue weighted by molar-refractivity contribution is 0.815. The first-order valence-corrected chi connectivity index (χ1v) is 21.5. The Morgan fingerprint density at radius 3 is 1.92 bits per heavy atom. The molecule has 1 aliphatic carbocycles. The molecule has 7 aromatic carbocycles. The molecule has 0 bridgehead atoms. The zero-order valence-electron chi connectivity index (χ0n) is 34.0. The Morgan fingerprint density at radius 1 is 0.435 bits per heavy atom. The summed E-state index contributed by atoms with van der Waals surface area (Å²) in [7, 11) is 0. The van der Waals surface area contributed by atoms with Crippen LogP contribution in [0.25, 0.3) is 67.5 Å². The Kier molecular flexibility index (Phi) is 8.67. The normalized spacial score (nSPS) is 18.3. The van der Waals surface area contributed by atoms with Gasteiger partial charge in [0.05, 0.1) is 35.0 Å². The van der Waals surface area contributed by atoms with Crippen LogP contribution in [-0.4, -0.2) is 11.0 Å². The van der Waals surface area contributed by atoms with Gasteiger partial charge in [0.25, 0.3) is 0 Å². The van der Waals surface area contributed by atoms with Gasteiger partial charge < -0.3 is 16.0 Å². The highest BCUT2D eigenvalue weighted by atomic mass is 15.0. The van der Waals surface area contributed by atoms with Crippen molar-refractivity contribution in [2.75, 3.05) is 10.6 Å². The van der Waals surface area contributed by atoms with E-state index in [1.54, 1.807) is 0 Å². The number of hydrogen-bond donors (Lipinski definition) is 3. The van der Waals surface area contributed by atoms with E-state index < -0.39 is 0 Å². The van der Waals surface area contributed by atoms with Crippen LogP contribution in [0.2, 0.25) is 0 Å². The minimum atomic E-state index is -0.0109. The average molecular weight is 795 g/mol. The van der Waals surface area contributed by atoms with Crippen LogP contribution in [0.15, 0.2) is 212 Å². The minimum Gasteiger partial charge on any atom is -0.374 e. The van der Waals surface area contributed by atoms with Crippen molar-refractivity contribution in [2.24, 2.45) is 0 Å². The SMILES string of the molecule is C1=CC2=CC=C(c3ccc4c(c3)NC(c3ccc(C5C=Cc6ccc7ccc(-c8ccccc8)nc7c6N5)c5ccccc35)C=C4)NC2C=C1c1cccc(-c2ccccc2)c1. The lowest BCUT2D eigenvalue weighted by atomic mass is 9.88. The Hall–Kier alpha value is -7.95. The van der Waals surface area contributed by atoms with Gasteiger partial charge in [-0.05, 0) is 90.7 Å². The van der Waals surface area contributed by atoms with Gasteiger partial charge in [-0.25, -0.2) is 4.98 Å². The van der Waals surface area contributed by atoms with Crippen LogP contribution in [0.5, 0.6) is 0 Å². The molecule has 0 saturated carbocycles. The molecule has 4 heteroatoms. The fourth-order valence-electron chi connectivity index (χ4n) is 9.51. The minimum absolute atomic E-state index is 0.0109. The molecule has 8 aromatic rings. The van der Waals surface area contributed by atoms with Crippen molar-refractivity contribution in [1.82, 2.24) is 10.3 Å². The number of benzene rings is 7. The molecule has 3 aliphatic heterocycles. The first-order chi connectivity index (χ1) is 30.7. The van der Waals surface area contributed by atoms with Crippen molar-refractivity contribution >= 4 is 56.5 Å². The summed E-state index contributed by atoms with van der Waals surface area (Å²) in [6.45, 7) is 0. The number of pyridine rings is 1. The van der Waals surface area contributed by atoms with E-state index in [1.165, 1.54) is 55.3 Å². The third kappa shape index (κ3) is 6.45. The van der Waals surface area contributed by atoms with E-state index in [0.717, 1.165) is 50.4 Å². The highest BCUT2D eigenvalue weighted by Crippen LogP contribution is 2.41. The summed E-state index contributed by atoms with van der Waals surface area (Å²) in [6.07, 6.45) is 20.4. The van der Waals surface area contributed by atoms with Crippen molar-refractivity contribution in [1.29, 1.82) is 0 Å². The average Bonchev–Trinajstić information content (AvgIpc) is 3.35. The summed E-state index contributed by atoms with van der Waals surface area (Å²) in [5, 5.41) is 15.3. The van der Waals surface area contributed by atoms with E-state index in [4.69, 9.17) is 4.98 Å². The second-order valence-corrected chi connectivity index (χ2v) is 16.5. The maximum atomic E-state index is 5.19. The third-order valence-corrected chi connectivity index (χ3v) is 12.8. The van der Waals surface area contributed by atoms with Gasteiger partial charge in [-0.2, -0.15) is 0 Å². The molecular formula is C58H42N4. The lowest BCUT2D eigenvalue weighted by Gasteiger charge is -2.29. The molecule has 294 valence electrons. The van der Waals surface area contributed by atoms with E-state index in [0.29, 0.717) is 0 Å². The second kappa shape index (κ2) is 14.9. The van der Waals surface area contributed by atoms with Gasteiger partial charge >= 0.3 is 0 Å². The number of fused-ring (bicyclic) bond motifs is 6.